The molecular formula is C8H13N3O3SSi. The molecule has 0 aliphatic heterocycles. The van der Waals surface area contributed by atoms with Crippen LogP contribution in [0.3, 0.4) is 0 Å². The van der Waals surface area contributed by atoms with Gasteiger partial charge in [-0.2, -0.15) is 0 Å². The van der Waals surface area contributed by atoms with Crippen LogP contribution in [0.5, 0.6) is 0 Å². The third kappa shape index (κ3) is 3.31. The summed E-state index contributed by atoms with van der Waals surface area (Å²) < 4.78 is 0. The summed E-state index contributed by atoms with van der Waals surface area (Å²) in [5, 5.41) is 22.2. The van der Waals surface area contributed by atoms with Crippen molar-refractivity contribution < 1.29 is 15.1 Å². The molecule has 0 fully saturated rings. The van der Waals surface area contributed by atoms with Gasteiger partial charge in [0, 0.05) is 5.38 Å². The van der Waals surface area contributed by atoms with Crippen molar-refractivity contribution in [3.05, 3.63) is 11.1 Å². The highest BCUT2D eigenvalue weighted by Gasteiger charge is 2.19. The molecule has 1 aromatic heterocycles. The Bertz CT molecular complexity index is 424. The second kappa shape index (κ2) is 4.62. The van der Waals surface area contributed by atoms with Crippen LogP contribution in [-0.4, -0.2) is 35.2 Å². The monoisotopic (exact) mass is 259 g/mol. The molecule has 16 heavy (non-hydrogen) atoms. The van der Waals surface area contributed by atoms with Crippen molar-refractivity contribution >= 4 is 36.4 Å². The topological polar surface area (TPSA) is 94.8 Å². The summed E-state index contributed by atoms with van der Waals surface area (Å²) in [6.07, 6.45) is 0. The molecular weight excluding hydrogens is 246 g/mol. The Hall–Kier alpha value is -1.41. The van der Waals surface area contributed by atoms with E-state index in [1.165, 1.54) is 11.3 Å². The van der Waals surface area contributed by atoms with Crippen molar-refractivity contribution in [2.75, 3.05) is 4.98 Å². The molecule has 0 saturated heterocycles. The number of carboxylic acids is 1. The van der Waals surface area contributed by atoms with Gasteiger partial charge >= 0.3 is 5.97 Å². The number of nitrogens with zero attached hydrogens (tertiary/aromatic N) is 2. The molecule has 0 saturated carbocycles. The van der Waals surface area contributed by atoms with E-state index >= 15 is 0 Å². The van der Waals surface area contributed by atoms with Crippen LogP contribution in [0.2, 0.25) is 19.6 Å². The minimum Gasteiger partial charge on any atom is -0.476 e. The zero-order valence-electron chi connectivity index (χ0n) is 9.18. The first kappa shape index (κ1) is 12.7. The van der Waals surface area contributed by atoms with Crippen molar-refractivity contribution in [3.63, 3.8) is 0 Å². The van der Waals surface area contributed by atoms with E-state index in [-0.39, 0.29) is 5.69 Å². The zero-order chi connectivity index (χ0) is 12.3. The molecule has 0 amide bonds. The van der Waals surface area contributed by atoms with Crippen LogP contribution in [0.15, 0.2) is 10.5 Å². The molecule has 3 N–H and O–H groups in total. The number of rotatable bonds is 4. The van der Waals surface area contributed by atoms with Crippen LogP contribution >= 0.6 is 11.3 Å². The molecule has 8 heteroatoms. The van der Waals surface area contributed by atoms with Gasteiger partial charge in [0.05, 0.1) is 0 Å². The van der Waals surface area contributed by atoms with Gasteiger partial charge in [-0.05, 0) is 0 Å². The largest absolute Gasteiger partial charge is 0.476 e. The Morgan fingerprint density at radius 1 is 1.56 bits per heavy atom. The van der Waals surface area contributed by atoms with Crippen LogP contribution < -0.4 is 4.98 Å². The second-order valence-corrected chi connectivity index (χ2v) is 9.77. The van der Waals surface area contributed by atoms with E-state index in [1.54, 1.807) is 5.38 Å². The average molecular weight is 259 g/mol. The zero-order valence-corrected chi connectivity index (χ0v) is 11.0. The first-order valence-corrected chi connectivity index (χ1v) is 8.91. The summed E-state index contributed by atoms with van der Waals surface area (Å²) >= 11 is 1.29. The van der Waals surface area contributed by atoms with Crippen molar-refractivity contribution in [2.24, 2.45) is 5.16 Å². The van der Waals surface area contributed by atoms with Gasteiger partial charge in [0.25, 0.3) is 0 Å². The predicted octanol–water partition coefficient (Wildman–Crippen LogP) is 1.65. The Kier molecular flexibility index (Phi) is 3.65. The Balaban J connectivity index is 2.91. The highest BCUT2D eigenvalue weighted by atomic mass is 32.1. The molecule has 1 heterocycles. The van der Waals surface area contributed by atoms with Gasteiger partial charge in [0.1, 0.15) is 13.9 Å². The number of anilines is 1. The van der Waals surface area contributed by atoms with Gasteiger partial charge in [-0.15, -0.1) is 11.3 Å². The molecule has 1 rings (SSSR count). The molecule has 0 atom stereocenters. The average Bonchev–Trinajstić information content (AvgIpc) is 2.50. The van der Waals surface area contributed by atoms with Gasteiger partial charge in [-0.3, -0.25) is 0 Å². The number of oxime groups is 1. The van der Waals surface area contributed by atoms with Crippen LogP contribution in [0, 0.1) is 0 Å². The Labute approximate surface area is 97.7 Å². The highest BCUT2D eigenvalue weighted by Crippen LogP contribution is 2.19. The summed E-state index contributed by atoms with van der Waals surface area (Å²) in [4.78, 5) is 18.0. The number of nitrogens with one attached hydrogen (secondary N) is 1. The van der Waals surface area contributed by atoms with E-state index in [0.29, 0.717) is 5.13 Å². The van der Waals surface area contributed by atoms with Crippen molar-refractivity contribution in [1.82, 2.24) is 4.98 Å². The first-order chi connectivity index (χ1) is 7.33. The quantitative estimate of drug-likeness (QED) is 0.331. The smallest absolute Gasteiger partial charge is 0.360 e. The van der Waals surface area contributed by atoms with Crippen molar-refractivity contribution in [1.29, 1.82) is 0 Å². The number of hydrogen-bond donors (Lipinski definition) is 3. The third-order valence-electron chi connectivity index (χ3n) is 1.53. The maximum atomic E-state index is 10.7. The fraction of sp³-hybridized carbons (Fsp3) is 0.375. The summed E-state index contributed by atoms with van der Waals surface area (Å²) in [5.74, 6) is -1.30. The normalized spacial score (nSPS) is 12.6. The molecule has 88 valence electrons. The summed E-state index contributed by atoms with van der Waals surface area (Å²) in [5.41, 5.74) is -0.277. The lowest BCUT2D eigenvalue weighted by atomic mass is 10.3. The SMILES string of the molecule is C[Si](C)(C)Nc1nc(C(=NO)C(=O)O)cs1. The van der Waals surface area contributed by atoms with Crippen LogP contribution in [0.4, 0.5) is 5.13 Å². The third-order valence-corrected chi connectivity index (χ3v) is 3.46. The molecule has 1 aromatic rings. The van der Waals surface area contributed by atoms with Gasteiger partial charge in [-0.1, -0.05) is 24.8 Å². The van der Waals surface area contributed by atoms with E-state index in [1.807, 2.05) is 0 Å². The lowest BCUT2D eigenvalue weighted by molar-refractivity contribution is -0.129. The Morgan fingerprint density at radius 3 is 2.62 bits per heavy atom. The highest BCUT2D eigenvalue weighted by molar-refractivity contribution is 7.15. The molecule has 0 radical (unpaired) electrons. The number of aromatic nitrogens is 1. The number of carbonyl (C=O) groups is 1. The van der Waals surface area contributed by atoms with Gasteiger partial charge in [0.2, 0.25) is 5.71 Å². The molecule has 0 spiro atoms. The maximum Gasteiger partial charge on any atom is 0.360 e. The molecule has 0 aromatic carbocycles. The van der Waals surface area contributed by atoms with E-state index in [0.717, 1.165) is 0 Å². The minimum atomic E-state index is -1.51. The van der Waals surface area contributed by atoms with E-state index in [9.17, 15) is 4.79 Å². The molecule has 0 aliphatic rings. The number of carboxylic acid groups (broad SMARTS) is 1. The number of thiazole rings is 1. The Morgan fingerprint density at radius 2 is 2.19 bits per heavy atom. The standard InChI is InChI=1S/C8H13N3O3SSi/c1-16(2,3)11-8-9-5(4-15-8)6(10-14)7(12)13/h4,14H,1-3H3,(H,9,11)(H,12,13). The fourth-order valence-electron chi connectivity index (χ4n) is 0.964. The summed E-state index contributed by atoms with van der Waals surface area (Å²) in [6, 6.07) is 0. The maximum absolute atomic E-state index is 10.7. The predicted molar refractivity (Wildman–Crippen MR) is 65.0 cm³/mol. The van der Waals surface area contributed by atoms with Crippen LogP contribution in [0.1, 0.15) is 5.69 Å². The van der Waals surface area contributed by atoms with E-state index in [4.69, 9.17) is 10.3 Å². The number of aliphatic carboxylic acids is 1. The second-order valence-electron chi connectivity index (χ2n) is 4.17. The van der Waals surface area contributed by atoms with Crippen molar-refractivity contribution in [2.45, 2.75) is 19.6 Å². The fourth-order valence-corrected chi connectivity index (χ4v) is 3.35. The molecule has 0 unspecified atom stereocenters. The minimum absolute atomic E-state index is 0.167. The molecule has 6 nitrogen and oxygen atoms in total. The lowest BCUT2D eigenvalue weighted by Crippen LogP contribution is -2.32. The van der Waals surface area contributed by atoms with E-state index < -0.39 is 19.9 Å². The van der Waals surface area contributed by atoms with E-state index in [2.05, 4.69) is 34.8 Å². The van der Waals surface area contributed by atoms with Crippen LogP contribution in [0.25, 0.3) is 0 Å². The van der Waals surface area contributed by atoms with Gasteiger partial charge in [0.15, 0.2) is 5.13 Å². The van der Waals surface area contributed by atoms with Crippen LogP contribution in [-0.2, 0) is 4.79 Å². The van der Waals surface area contributed by atoms with Crippen molar-refractivity contribution in [3.8, 4) is 0 Å². The molecule has 0 aliphatic carbocycles. The summed E-state index contributed by atoms with van der Waals surface area (Å²) in [7, 11) is -1.51. The molecule has 0 bridgehead atoms. The number of hydrogen-bond acceptors (Lipinski definition) is 6. The first-order valence-electron chi connectivity index (χ1n) is 4.53. The summed E-state index contributed by atoms with van der Waals surface area (Å²) in [6.45, 7) is 6.31. The lowest BCUT2D eigenvalue weighted by Gasteiger charge is -2.16. The van der Waals surface area contributed by atoms with Gasteiger partial charge in [-0.25, -0.2) is 9.78 Å². The van der Waals surface area contributed by atoms with Gasteiger partial charge < -0.3 is 15.3 Å².